The lowest BCUT2D eigenvalue weighted by molar-refractivity contribution is -0.142. The lowest BCUT2D eigenvalue weighted by atomic mass is 9.85. The highest BCUT2D eigenvalue weighted by atomic mass is 19.3. The van der Waals surface area contributed by atoms with Gasteiger partial charge in [-0.2, -0.15) is 0 Å². The molecule has 8 heteroatoms. The summed E-state index contributed by atoms with van der Waals surface area (Å²) < 4.78 is 52.8. The predicted molar refractivity (Wildman–Crippen MR) is 80.9 cm³/mol. The van der Waals surface area contributed by atoms with Crippen LogP contribution in [0.25, 0.3) is 0 Å². The van der Waals surface area contributed by atoms with Gasteiger partial charge in [0, 0.05) is 31.8 Å². The average molecular weight is 361 g/mol. The second-order valence-electron chi connectivity index (χ2n) is 6.28. The standard InChI is InChI=1S/C17H19F4NO3/c18-13-2-1-11(9-14(13)19)10-22(8-5-15(23)24)16(25)12-3-6-17(20,21)7-4-12/h1-2,9,12H,3-8,10H2,(H,23,24). The SMILES string of the molecule is O=C(O)CCN(Cc1ccc(F)c(F)c1)C(=O)C1CCC(F)(F)CC1. The highest BCUT2D eigenvalue weighted by Gasteiger charge is 2.38. The van der Waals surface area contributed by atoms with Crippen LogP contribution in [-0.2, 0) is 16.1 Å². The van der Waals surface area contributed by atoms with Gasteiger partial charge in [-0.3, -0.25) is 9.59 Å². The van der Waals surface area contributed by atoms with E-state index in [2.05, 4.69) is 0 Å². The summed E-state index contributed by atoms with van der Waals surface area (Å²) in [5.74, 6) is -7.02. The molecule has 138 valence electrons. The summed E-state index contributed by atoms with van der Waals surface area (Å²) in [6.45, 7) is -0.226. The van der Waals surface area contributed by atoms with Crippen molar-refractivity contribution in [1.29, 1.82) is 0 Å². The van der Waals surface area contributed by atoms with Gasteiger partial charge in [0.15, 0.2) is 11.6 Å². The quantitative estimate of drug-likeness (QED) is 0.788. The molecule has 1 aromatic rings. The topological polar surface area (TPSA) is 57.6 Å². The van der Waals surface area contributed by atoms with Crippen LogP contribution < -0.4 is 0 Å². The molecule has 1 N–H and O–H groups in total. The minimum Gasteiger partial charge on any atom is -0.481 e. The molecule has 0 saturated heterocycles. The molecule has 0 unspecified atom stereocenters. The van der Waals surface area contributed by atoms with Crippen molar-refractivity contribution in [3.05, 3.63) is 35.4 Å². The molecule has 1 saturated carbocycles. The Bertz CT molecular complexity index is 641. The zero-order valence-electron chi connectivity index (χ0n) is 13.5. The van der Waals surface area contributed by atoms with Gasteiger partial charge in [0.05, 0.1) is 6.42 Å². The molecule has 1 aromatic carbocycles. The van der Waals surface area contributed by atoms with Gasteiger partial charge in [0.2, 0.25) is 11.8 Å². The first kappa shape index (κ1) is 19.2. The lowest BCUT2D eigenvalue weighted by Gasteiger charge is -2.32. The summed E-state index contributed by atoms with van der Waals surface area (Å²) in [6, 6.07) is 3.16. The van der Waals surface area contributed by atoms with E-state index < -0.39 is 35.4 Å². The van der Waals surface area contributed by atoms with E-state index in [0.717, 1.165) is 12.1 Å². The molecular formula is C17H19F4NO3. The molecule has 0 spiro atoms. The predicted octanol–water partition coefficient (Wildman–Crippen LogP) is 3.59. The van der Waals surface area contributed by atoms with Crippen LogP contribution >= 0.6 is 0 Å². The molecule has 0 aliphatic heterocycles. The Morgan fingerprint density at radius 2 is 1.80 bits per heavy atom. The first-order valence-corrected chi connectivity index (χ1v) is 8.00. The van der Waals surface area contributed by atoms with Crippen molar-refractivity contribution in [2.75, 3.05) is 6.54 Å². The zero-order chi connectivity index (χ0) is 18.6. The van der Waals surface area contributed by atoms with Crippen LogP contribution in [0.1, 0.15) is 37.7 Å². The molecule has 25 heavy (non-hydrogen) atoms. The van der Waals surface area contributed by atoms with E-state index in [9.17, 15) is 27.2 Å². The molecule has 0 aromatic heterocycles. The van der Waals surface area contributed by atoms with Crippen LogP contribution in [0.15, 0.2) is 18.2 Å². The first-order chi connectivity index (χ1) is 11.7. The molecule has 1 aliphatic carbocycles. The van der Waals surface area contributed by atoms with Crippen LogP contribution in [0.4, 0.5) is 17.6 Å². The van der Waals surface area contributed by atoms with Gasteiger partial charge >= 0.3 is 5.97 Å². The van der Waals surface area contributed by atoms with Crippen molar-refractivity contribution >= 4 is 11.9 Å². The Hall–Kier alpha value is -2.12. The summed E-state index contributed by atoms with van der Waals surface area (Å²) in [7, 11) is 0. The minimum absolute atomic E-state index is 0.0210. The van der Waals surface area contributed by atoms with Crippen molar-refractivity contribution in [3.63, 3.8) is 0 Å². The van der Waals surface area contributed by atoms with Crippen molar-refractivity contribution in [1.82, 2.24) is 4.90 Å². The normalized spacial score (nSPS) is 17.3. The van der Waals surface area contributed by atoms with Gasteiger partial charge in [-0.25, -0.2) is 17.6 Å². The smallest absolute Gasteiger partial charge is 0.305 e. The lowest BCUT2D eigenvalue weighted by Crippen LogP contribution is -2.40. The fourth-order valence-electron chi connectivity index (χ4n) is 2.90. The molecule has 1 fully saturated rings. The Morgan fingerprint density at radius 3 is 2.36 bits per heavy atom. The fraction of sp³-hybridized carbons (Fsp3) is 0.529. The fourth-order valence-corrected chi connectivity index (χ4v) is 2.90. The van der Waals surface area contributed by atoms with Crippen molar-refractivity contribution in [2.24, 2.45) is 5.92 Å². The van der Waals surface area contributed by atoms with E-state index in [0.29, 0.717) is 5.56 Å². The second kappa shape index (κ2) is 7.84. The van der Waals surface area contributed by atoms with Crippen LogP contribution in [0.2, 0.25) is 0 Å². The maximum Gasteiger partial charge on any atom is 0.305 e. The molecular weight excluding hydrogens is 342 g/mol. The number of alkyl halides is 2. The molecule has 4 nitrogen and oxygen atoms in total. The van der Waals surface area contributed by atoms with E-state index in [1.165, 1.54) is 11.0 Å². The van der Waals surface area contributed by atoms with Crippen molar-refractivity contribution in [3.8, 4) is 0 Å². The summed E-state index contributed by atoms with van der Waals surface area (Å²) in [5.41, 5.74) is 0.304. The van der Waals surface area contributed by atoms with Crippen LogP contribution in [0, 0.1) is 17.6 Å². The van der Waals surface area contributed by atoms with Crippen molar-refractivity contribution < 1.29 is 32.3 Å². The number of hydrogen-bond acceptors (Lipinski definition) is 2. The number of hydrogen-bond donors (Lipinski definition) is 1. The summed E-state index contributed by atoms with van der Waals surface area (Å²) >= 11 is 0. The number of nitrogens with zero attached hydrogens (tertiary/aromatic N) is 1. The molecule has 0 heterocycles. The van der Waals surface area contributed by atoms with E-state index in [1.807, 2.05) is 0 Å². The maximum atomic E-state index is 13.3. The number of amides is 1. The van der Waals surface area contributed by atoms with Crippen LogP contribution in [0.5, 0.6) is 0 Å². The minimum atomic E-state index is -2.78. The third-order valence-corrected chi connectivity index (χ3v) is 4.33. The first-order valence-electron chi connectivity index (χ1n) is 8.00. The molecule has 1 amide bonds. The molecule has 0 bridgehead atoms. The Labute approximate surface area is 142 Å². The van der Waals surface area contributed by atoms with E-state index in [4.69, 9.17) is 5.11 Å². The monoisotopic (exact) mass is 361 g/mol. The third kappa shape index (κ3) is 5.44. The van der Waals surface area contributed by atoms with E-state index in [1.54, 1.807) is 0 Å². The van der Waals surface area contributed by atoms with Crippen LogP contribution in [0.3, 0.4) is 0 Å². The Morgan fingerprint density at radius 1 is 1.16 bits per heavy atom. The number of halogens is 4. The maximum absolute atomic E-state index is 13.3. The Balaban J connectivity index is 2.10. The largest absolute Gasteiger partial charge is 0.481 e. The summed E-state index contributed by atoms with van der Waals surface area (Å²) in [6.07, 6.45) is -1.05. The number of aliphatic carboxylic acids is 1. The van der Waals surface area contributed by atoms with E-state index in [-0.39, 0.29) is 45.2 Å². The zero-order valence-corrected chi connectivity index (χ0v) is 13.5. The molecule has 0 radical (unpaired) electrons. The highest BCUT2D eigenvalue weighted by Crippen LogP contribution is 2.37. The number of carbonyl (C=O) groups excluding carboxylic acids is 1. The third-order valence-electron chi connectivity index (χ3n) is 4.33. The van der Waals surface area contributed by atoms with Gasteiger partial charge in [-0.05, 0) is 30.5 Å². The number of carboxylic acids is 1. The Kier molecular flexibility index (Phi) is 6.02. The number of rotatable bonds is 6. The number of benzene rings is 1. The van der Waals surface area contributed by atoms with Gasteiger partial charge in [-0.15, -0.1) is 0 Å². The van der Waals surface area contributed by atoms with Gasteiger partial charge in [0.25, 0.3) is 0 Å². The van der Waals surface area contributed by atoms with Crippen molar-refractivity contribution in [2.45, 2.75) is 44.6 Å². The van der Waals surface area contributed by atoms with Crippen LogP contribution in [-0.4, -0.2) is 34.4 Å². The molecule has 1 aliphatic rings. The molecule has 2 rings (SSSR count). The second-order valence-corrected chi connectivity index (χ2v) is 6.28. The highest BCUT2D eigenvalue weighted by molar-refractivity contribution is 5.79. The van der Waals surface area contributed by atoms with Gasteiger partial charge in [0.1, 0.15) is 0 Å². The summed E-state index contributed by atoms with van der Waals surface area (Å²) in [5, 5.41) is 8.82. The summed E-state index contributed by atoms with van der Waals surface area (Å²) in [4.78, 5) is 24.6. The van der Waals surface area contributed by atoms with Gasteiger partial charge < -0.3 is 10.0 Å². The number of carbonyl (C=O) groups is 2. The molecule has 0 atom stereocenters. The van der Waals surface area contributed by atoms with Gasteiger partial charge in [-0.1, -0.05) is 6.07 Å². The van der Waals surface area contributed by atoms with E-state index >= 15 is 0 Å². The average Bonchev–Trinajstić information content (AvgIpc) is 2.54. The number of carboxylic acid groups (broad SMARTS) is 1.